The van der Waals surface area contributed by atoms with Gasteiger partial charge in [0.15, 0.2) is 0 Å². The maximum Gasteiger partial charge on any atom is 0.322 e. The molecule has 8 heteroatoms. The molecule has 2 aliphatic heterocycles. The number of rotatable bonds is 3. The Balaban J connectivity index is 0.00000208. The van der Waals surface area contributed by atoms with E-state index in [4.69, 9.17) is 4.74 Å². The highest BCUT2D eigenvalue weighted by Crippen LogP contribution is 2.31. The minimum absolute atomic E-state index is 0. The van der Waals surface area contributed by atoms with Crippen LogP contribution in [0.25, 0.3) is 0 Å². The second-order valence-electron chi connectivity index (χ2n) is 5.82. The molecule has 2 heterocycles. The summed E-state index contributed by atoms with van der Waals surface area (Å²) in [5.41, 5.74) is 1.21. The molecule has 132 valence electrons. The summed E-state index contributed by atoms with van der Waals surface area (Å²) in [6.45, 7) is 5.47. The summed E-state index contributed by atoms with van der Waals surface area (Å²) in [5.74, 6) is 0.578. The summed E-state index contributed by atoms with van der Waals surface area (Å²) in [7, 11) is 1.56. The minimum atomic E-state index is -0.163. The second kappa shape index (κ2) is 7.72. The van der Waals surface area contributed by atoms with Gasteiger partial charge in [0.2, 0.25) is 0 Å². The number of urea groups is 1. The van der Waals surface area contributed by atoms with Crippen LogP contribution in [0.2, 0.25) is 0 Å². The summed E-state index contributed by atoms with van der Waals surface area (Å²) in [6.07, 6.45) is 0. The van der Waals surface area contributed by atoms with E-state index in [1.807, 2.05) is 11.8 Å². The van der Waals surface area contributed by atoms with Crippen molar-refractivity contribution < 1.29 is 14.3 Å². The number of ether oxygens (including phenoxy) is 1. The molecular formula is C16H23ClN4O3. The maximum atomic E-state index is 12.8. The van der Waals surface area contributed by atoms with Gasteiger partial charge in [0.25, 0.3) is 5.91 Å². The van der Waals surface area contributed by atoms with Crippen molar-refractivity contribution in [2.75, 3.05) is 44.7 Å². The van der Waals surface area contributed by atoms with E-state index in [1.165, 1.54) is 0 Å². The highest BCUT2D eigenvalue weighted by Gasteiger charge is 2.28. The molecule has 0 aliphatic carbocycles. The lowest BCUT2D eigenvalue weighted by molar-refractivity contribution is 0.0655. The van der Waals surface area contributed by atoms with E-state index in [0.29, 0.717) is 36.6 Å². The summed E-state index contributed by atoms with van der Waals surface area (Å²) in [4.78, 5) is 28.2. The first kappa shape index (κ1) is 18.4. The number of methoxy groups -OCH3 is 1. The van der Waals surface area contributed by atoms with Crippen molar-refractivity contribution in [2.45, 2.75) is 13.0 Å². The normalized spacial score (nSPS) is 20.4. The number of hydrogen-bond donors (Lipinski definition) is 2. The number of amides is 3. The summed E-state index contributed by atoms with van der Waals surface area (Å²) in [6, 6.07) is 5.25. The fraction of sp³-hybridized carbons (Fsp3) is 0.500. The van der Waals surface area contributed by atoms with E-state index >= 15 is 0 Å². The van der Waals surface area contributed by atoms with Gasteiger partial charge in [-0.1, -0.05) is 0 Å². The number of halogens is 1. The largest absolute Gasteiger partial charge is 0.495 e. The Kier molecular flexibility index (Phi) is 5.90. The lowest BCUT2D eigenvalue weighted by Gasteiger charge is -2.34. The monoisotopic (exact) mass is 354 g/mol. The predicted octanol–water partition coefficient (Wildman–Crippen LogP) is 1.08. The highest BCUT2D eigenvalue weighted by molar-refractivity contribution is 6.00. The Morgan fingerprint density at radius 3 is 2.71 bits per heavy atom. The quantitative estimate of drug-likeness (QED) is 0.852. The minimum Gasteiger partial charge on any atom is -0.495 e. The molecule has 1 aromatic carbocycles. The molecule has 0 radical (unpaired) electrons. The van der Waals surface area contributed by atoms with Crippen molar-refractivity contribution in [1.82, 2.24) is 15.5 Å². The van der Waals surface area contributed by atoms with E-state index in [-0.39, 0.29) is 30.4 Å². The van der Waals surface area contributed by atoms with E-state index in [9.17, 15) is 9.59 Å². The smallest absolute Gasteiger partial charge is 0.322 e. The predicted molar refractivity (Wildman–Crippen MR) is 94.4 cm³/mol. The van der Waals surface area contributed by atoms with E-state index in [1.54, 1.807) is 30.2 Å². The van der Waals surface area contributed by atoms with E-state index in [0.717, 1.165) is 13.1 Å². The van der Waals surface area contributed by atoms with Gasteiger partial charge in [-0.2, -0.15) is 0 Å². The number of anilines is 1. The third kappa shape index (κ3) is 3.42. The summed E-state index contributed by atoms with van der Waals surface area (Å²) >= 11 is 0. The number of hydrogen-bond acceptors (Lipinski definition) is 4. The Morgan fingerprint density at radius 2 is 2.08 bits per heavy atom. The van der Waals surface area contributed by atoms with Crippen LogP contribution in [-0.2, 0) is 0 Å². The van der Waals surface area contributed by atoms with E-state index in [2.05, 4.69) is 10.6 Å². The van der Waals surface area contributed by atoms with Crippen molar-refractivity contribution in [1.29, 1.82) is 0 Å². The van der Waals surface area contributed by atoms with Gasteiger partial charge in [-0.05, 0) is 25.1 Å². The molecule has 2 N–H and O–H groups in total. The number of carbonyl (C=O) groups excluding carboxylic acids is 2. The van der Waals surface area contributed by atoms with Gasteiger partial charge in [-0.25, -0.2) is 4.79 Å². The average Bonchev–Trinajstić information content (AvgIpc) is 3.00. The third-order valence-electron chi connectivity index (χ3n) is 4.34. The topological polar surface area (TPSA) is 73.9 Å². The van der Waals surface area contributed by atoms with Crippen LogP contribution in [-0.4, -0.2) is 62.7 Å². The SMILES string of the molecule is COc1ccc(C(=O)N2CCNC[C@@H]2C)cc1N1CCNC1=O.Cl. The highest BCUT2D eigenvalue weighted by atomic mass is 35.5. The zero-order valence-electron chi connectivity index (χ0n) is 13.9. The Bertz CT molecular complexity index is 625. The molecule has 2 aliphatic rings. The van der Waals surface area contributed by atoms with Crippen LogP contribution < -0.4 is 20.3 Å². The zero-order chi connectivity index (χ0) is 16.4. The van der Waals surface area contributed by atoms with Crippen molar-refractivity contribution in [3.8, 4) is 5.75 Å². The van der Waals surface area contributed by atoms with Crippen molar-refractivity contribution in [2.24, 2.45) is 0 Å². The van der Waals surface area contributed by atoms with Gasteiger partial charge in [-0.3, -0.25) is 9.69 Å². The first-order chi connectivity index (χ1) is 11.1. The number of benzene rings is 1. The molecule has 1 aromatic rings. The standard InChI is InChI=1S/C16H22N4O3.ClH/c1-11-10-17-5-7-19(11)15(21)12-3-4-14(23-2)13(9-12)20-8-6-18-16(20)22;/h3-4,9,11,17H,5-8,10H2,1-2H3,(H,18,22);1H/t11-;/m0./s1. The zero-order valence-corrected chi connectivity index (χ0v) is 14.7. The Labute approximate surface area is 147 Å². The first-order valence-corrected chi connectivity index (χ1v) is 7.87. The van der Waals surface area contributed by atoms with Crippen LogP contribution in [0.15, 0.2) is 18.2 Å². The van der Waals surface area contributed by atoms with Gasteiger partial charge in [0.1, 0.15) is 5.75 Å². The van der Waals surface area contributed by atoms with Gasteiger partial charge in [0, 0.05) is 44.3 Å². The first-order valence-electron chi connectivity index (χ1n) is 7.87. The molecule has 2 fully saturated rings. The molecule has 7 nitrogen and oxygen atoms in total. The molecule has 24 heavy (non-hydrogen) atoms. The molecule has 0 unspecified atom stereocenters. The molecule has 1 atom stereocenters. The maximum absolute atomic E-state index is 12.8. The van der Waals surface area contributed by atoms with Crippen LogP contribution >= 0.6 is 12.4 Å². The van der Waals surface area contributed by atoms with Crippen LogP contribution in [0.5, 0.6) is 5.75 Å². The number of nitrogens with zero attached hydrogens (tertiary/aromatic N) is 2. The Hall–Kier alpha value is -1.99. The average molecular weight is 355 g/mol. The lowest BCUT2D eigenvalue weighted by Crippen LogP contribution is -2.52. The summed E-state index contributed by atoms with van der Waals surface area (Å²) in [5, 5.41) is 6.04. The number of nitrogens with one attached hydrogen (secondary N) is 2. The fourth-order valence-corrected chi connectivity index (χ4v) is 3.04. The van der Waals surface area contributed by atoms with Crippen molar-refractivity contribution >= 4 is 30.0 Å². The molecule has 0 bridgehead atoms. The molecule has 3 amide bonds. The fourth-order valence-electron chi connectivity index (χ4n) is 3.04. The van der Waals surface area contributed by atoms with Gasteiger partial charge in [0.05, 0.1) is 12.8 Å². The van der Waals surface area contributed by atoms with E-state index < -0.39 is 0 Å². The van der Waals surface area contributed by atoms with Crippen LogP contribution in [0.1, 0.15) is 17.3 Å². The van der Waals surface area contributed by atoms with Gasteiger partial charge < -0.3 is 20.3 Å². The molecule has 0 aromatic heterocycles. The van der Waals surface area contributed by atoms with Crippen molar-refractivity contribution in [3.05, 3.63) is 23.8 Å². The van der Waals surface area contributed by atoms with Crippen LogP contribution in [0.4, 0.5) is 10.5 Å². The van der Waals surface area contributed by atoms with Crippen molar-refractivity contribution in [3.63, 3.8) is 0 Å². The second-order valence-corrected chi connectivity index (χ2v) is 5.82. The van der Waals surface area contributed by atoms with Crippen LogP contribution in [0, 0.1) is 0 Å². The lowest BCUT2D eigenvalue weighted by atomic mass is 10.1. The summed E-state index contributed by atoms with van der Waals surface area (Å²) < 4.78 is 5.35. The van der Waals surface area contributed by atoms with Gasteiger partial charge >= 0.3 is 6.03 Å². The third-order valence-corrected chi connectivity index (χ3v) is 4.34. The number of piperazine rings is 1. The molecule has 3 rings (SSSR count). The number of carbonyl (C=O) groups is 2. The molecule has 2 saturated heterocycles. The van der Waals surface area contributed by atoms with Gasteiger partial charge in [-0.15, -0.1) is 12.4 Å². The molecule has 0 saturated carbocycles. The Morgan fingerprint density at radius 1 is 1.29 bits per heavy atom. The van der Waals surface area contributed by atoms with Crippen LogP contribution in [0.3, 0.4) is 0 Å². The molecular weight excluding hydrogens is 332 g/mol. The molecule has 0 spiro atoms.